The Labute approximate surface area is 72.8 Å². The zero-order chi connectivity index (χ0) is 9.84. The number of benzene rings is 1. The molecule has 0 saturated heterocycles. The monoisotopic (exact) mass is 186 g/mol. The van der Waals surface area contributed by atoms with Crippen LogP contribution >= 0.6 is 0 Å². The van der Waals surface area contributed by atoms with E-state index < -0.39 is 29.6 Å². The van der Waals surface area contributed by atoms with Crippen LogP contribution < -0.4 is 0 Å². The van der Waals surface area contributed by atoms with Gasteiger partial charge >= 0.3 is 0 Å². The maximum Gasteiger partial charge on any atom is 0.144 e. The molecule has 0 radical (unpaired) electrons. The lowest BCUT2D eigenvalue weighted by Crippen LogP contribution is -1.92. The number of aliphatic hydroxyl groups is 1. The van der Waals surface area contributed by atoms with E-state index >= 15 is 0 Å². The van der Waals surface area contributed by atoms with Crippen LogP contribution in [0, 0.1) is 29.3 Å². The van der Waals surface area contributed by atoms with Crippen LogP contribution in [0.2, 0.25) is 0 Å². The van der Waals surface area contributed by atoms with Crippen molar-refractivity contribution in [2.75, 3.05) is 6.61 Å². The minimum atomic E-state index is -1.07. The third-order valence-corrected chi connectivity index (χ3v) is 1.30. The van der Waals surface area contributed by atoms with E-state index in [1.807, 2.05) is 5.92 Å². The van der Waals surface area contributed by atoms with Crippen LogP contribution in [-0.4, -0.2) is 11.7 Å². The maximum atomic E-state index is 12.8. The van der Waals surface area contributed by atoms with Crippen molar-refractivity contribution in [1.82, 2.24) is 0 Å². The van der Waals surface area contributed by atoms with E-state index in [1.54, 1.807) is 0 Å². The minimum Gasteiger partial charge on any atom is -0.384 e. The van der Waals surface area contributed by atoms with Gasteiger partial charge in [-0.3, -0.25) is 0 Å². The molecule has 1 N–H and O–H groups in total. The fraction of sp³-hybridized carbons (Fsp3) is 0.111. The van der Waals surface area contributed by atoms with E-state index in [9.17, 15) is 13.2 Å². The summed E-state index contributed by atoms with van der Waals surface area (Å²) < 4.78 is 37.9. The lowest BCUT2D eigenvalue weighted by Gasteiger charge is -1.96. The van der Waals surface area contributed by atoms with Gasteiger partial charge in [-0.1, -0.05) is 11.8 Å². The molecule has 0 unspecified atom stereocenters. The highest BCUT2D eigenvalue weighted by Gasteiger charge is 2.08. The van der Waals surface area contributed by atoms with Crippen molar-refractivity contribution in [2.45, 2.75) is 0 Å². The van der Waals surface area contributed by atoms with Gasteiger partial charge in [0.2, 0.25) is 0 Å². The highest BCUT2D eigenvalue weighted by atomic mass is 19.1. The molecule has 4 heteroatoms. The van der Waals surface area contributed by atoms with Gasteiger partial charge in [-0.15, -0.1) is 0 Å². The van der Waals surface area contributed by atoms with Gasteiger partial charge in [-0.2, -0.15) is 0 Å². The first-order valence-corrected chi connectivity index (χ1v) is 3.39. The van der Waals surface area contributed by atoms with E-state index in [0.717, 1.165) is 0 Å². The summed E-state index contributed by atoms with van der Waals surface area (Å²) in [5, 5.41) is 8.27. The molecule has 0 spiro atoms. The standard InChI is InChI=1S/C9H5F3O/c10-6-4-8(11)7(2-1-3-13)9(12)5-6/h4-5,13H,3H2. The number of halogens is 3. The number of rotatable bonds is 0. The quantitative estimate of drug-likeness (QED) is 0.608. The summed E-state index contributed by atoms with van der Waals surface area (Å²) in [7, 11) is 0. The highest BCUT2D eigenvalue weighted by molar-refractivity contribution is 5.37. The summed E-state index contributed by atoms with van der Waals surface area (Å²) in [5.74, 6) is 0.973. The van der Waals surface area contributed by atoms with Crippen LogP contribution in [0.4, 0.5) is 13.2 Å². The Morgan fingerprint density at radius 1 is 1.15 bits per heavy atom. The summed E-state index contributed by atoms with van der Waals surface area (Å²) >= 11 is 0. The summed E-state index contributed by atoms with van der Waals surface area (Å²) in [6, 6.07) is 1.06. The van der Waals surface area contributed by atoms with Crippen molar-refractivity contribution in [3.8, 4) is 11.8 Å². The van der Waals surface area contributed by atoms with E-state index in [4.69, 9.17) is 5.11 Å². The second kappa shape index (κ2) is 3.97. The predicted molar refractivity (Wildman–Crippen MR) is 40.3 cm³/mol. The first kappa shape index (κ1) is 9.62. The normalized spacial score (nSPS) is 9.23. The third kappa shape index (κ3) is 2.23. The molecule has 0 bridgehead atoms. The largest absolute Gasteiger partial charge is 0.384 e. The first-order chi connectivity index (χ1) is 6.15. The van der Waals surface area contributed by atoms with Gasteiger partial charge < -0.3 is 5.11 Å². The summed E-state index contributed by atoms with van der Waals surface area (Å²) in [6.45, 7) is -0.504. The molecule has 1 aromatic rings. The van der Waals surface area contributed by atoms with Crippen molar-refractivity contribution in [1.29, 1.82) is 0 Å². The zero-order valence-electron chi connectivity index (χ0n) is 6.44. The number of aliphatic hydroxyl groups excluding tert-OH is 1. The molecule has 0 atom stereocenters. The van der Waals surface area contributed by atoms with Gasteiger partial charge in [0.1, 0.15) is 24.1 Å². The van der Waals surface area contributed by atoms with E-state index in [1.165, 1.54) is 0 Å². The van der Waals surface area contributed by atoms with Gasteiger partial charge in [0.05, 0.1) is 5.56 Å². The molecular formula is C9H5F3O. The van der Waals surface area contributed by atoms with Crippen LogP contribution in [0.5, 0.6) is 0 Å². The van der Waals surface area contributed by atoms with E-state index in [0.29, 0.717) is 12.1 Å². The Bertz CT molecular complexity index is 353. The lowest BCUT2D eigenvalue weighted by atomic mass is 10.2. The molecule has 1 rings (SSSR count). The van der Waals surface area contributed by atoms with E-state index in [-0.39, 0.29) is 0 Å². The molecule has 0 fully saturated rings. The number of hydrogen-bond acceptors (Lipinski definition) is 1. The van der Waals surface area contributed by atoms with Gasteiger partial charge in [0.15, 0.2) is 0 Å². The molecule has 0 saturated carbocycles. The molecule has 0 aliphatic rings. The molecule has 1 nitrogen and oxygen atoms in total. The predicted octanol–water partition coefficient (Wildman–Crippen LogP) is 1.45. The van der Waals surface area contributed by atoms with Crippen molar-refractivity contribution in [3.63, 3.8) is 0 Å². The van der Waals surface area contributed by atoms with Gasteiger partial charge in [0.25, 0.3) is 0 Å². The molecule has 0 heterocycles. The average molecular weight is 186 g/mol. The second-order valence-electron chi connectivity index (χ2n) is 2.20. The van der Waals surface area contributed by atoms with Crippen molar-refractivity contribution >= 4 is 0 Å². The van der Waals surface area contributed by atoms with Crippen LogP contribution in [-0.2, 0) is 0 Å². The first-order valence-electron chi connectivity index (χ1n) is 3.39. The molecule has 0 aliphatic carbocycles. The molecule has 0 aliphatic heterocycles. The van der Waals surface area contributed by atoms with Crippen molar-refractivity contribution < 1.29 is 18.3 Å². The minimum absolute atomic E-state index is 0.504. The molecule has 1 aromatic carbocycles. The van der Waals surface area contributed by atoms with Crippen LogP contribution in [0.25, 0.3) is 0 Å². The zero-order valence-corrected chi connectivity index (χ0v) is 6.44. The Kier molecular flexibility index (Phi) is 2.93. The van der Waals surface area contributed by atoms with Crippen LogP contribution in [0.1, 0.15) is 5.56 Å². The van der Waals surface area contributed by atoms with Gasteiger partial charge in [-0.05, 0) is 0 Å². The molecule has 68 valence electrons. The summed E-state index contributed by atoms with van der Waals surface area (Å²) in [4.78, 5) is 0. The maximum absolute atomic E-state index is 12.8. The van der Waals surface area contributed by atoms with Crippen LogP contribution in [0.15, 0.2) is 12.1 Å². The molecular weight excluding hydrogens is 181 g/mol. The Balaban J connectivity index is 3.21. The van der Waals surface area contributed by atoms with Gasteiger partial charge in [0, 0.05) is 12.1 Å². The fourth-order valence-electron chi connectivity index (χ4n) is 0.790. The number of hydrogen-bond donors (Lipinski definition) is 1. The Hall–Kier alpha value is -1.47. The SMILES string of the molecule is OCC#Cc1c(F)cc(F)cc1F. The highest BCUT2D eigenvalue weighted by Crippen LogP contribution is 2.12. The summed E-state index contributed by atoms with van der Waals surface area (Å²) in [6.07, 6.45) is 0. The fourth-order valence-corrected chi connectivity index (χ4v) is 0.790. The molecule has 0 aromatic heterocycles. The van der Waals surface area contributed by atoms with Crippen LogP contribution in [0.3, 0.4) is 0 Å². The van der Waals surface area contributed by atoms with Crippen molar-refractivity contribution in [3.05, 3.63) is 35.1 Å². The molecule has 13 heavy (non-hydrogen) atoms. The Morgan fingerprint density at radius 3 is 2.15 bits per heavy atom. The van der Waals surface area contributed by atoms with Gasteiger partial charge in [-0.25, -0.2) is 13.2 Å². The second-order valence-corrected chi connectivity index (χ2v) is 2.20. The molecule has 0 amide bonds. The third-order valence-electron chi connectivity index (χ3n) is 1.30. The lowest BCUT2D eigenvalue weighted by molar-refractivity contribution is 0.350. The average Bonchev–Trinajstić information content (AvgIpc) is 2.02. The summed E-state index contributed by atoms with van der Waals surface area (Å²) in [5.41, 5.74) is -0.532. The smallest absolute Gasteiger partial charge is 0.144 e. The Morgan fingerprint density at radius 2 is 1.69 bits per heavy atom. The van der Waals surface area contributed by atoms with E-state index in [2.05, 4.69) is 5.92 Å². The topological polar surface area (TPSA) is 20.2 Å². The van der Waals surface area contributed by atoms with Crippen molar-refractivity contribution in [2.24, 2.45) is 0 Å².